The molecular formula is C19H23NO. The van der Waals surface area contributed by atoms with E-state index in [4.69, 9.17) is 0 Å². The minimum atomic E-state index is 0.136. The molecule has 0 bridgehead atoms. The van der Waals surface area contributed by atoms with Crippen LogP contribution in [0.5, 0.6) is 0 Å². The Balaban J connectivity index is 1.85. The second-order valence-electron chi connectivity index (χ2n) is 5.79. The molecule has 0 aliphatic carbocycles. The lowest BCUT2D eigenvalue weighted by Gasteiger charge is -2.07. The van der Waals surface area contributed by atoms with Crippen molar-refractivity contribution >= 4 is 5.78 Å². The van der Waals surface area contributed by atoms with Crippen molar-refractivity contribution in [3.8, 4) is 0 Å². The molecule has 0 fully saturated rings. The number of carbonyl (C=O) groups is 1. The minimum Gasteiger partial charge on any atom is -0.306 e. The molecule has 0 aromatic heterocycles. The van der Waals surface area contributed by atoms with Crippen molar-refractivity contribution in [2.45, 2.75) is 33.2 Å². The molecule has 0 spiro atoms. The molecule has 0 aliphatic heterocycles. The zero-order chi connectivity index (χ0) is 15.2. The largest absolute Gasteiger partial charge is 0.306 e. The molecule has 2 heteroatoms. The third-order valence-corrected chi connectivity index (χ3v) is 3.63. The molecule has 2 aromatic rings. The fourth-order valence-corrected chi connectivity index (χ4v) is 2.18. The zero-order valence-corrected chi connectivity index (χ0v) is 13.0. The van der Waals surface area contributed by atoms with Gasteiger partial charge in [-0.25, -0.2) is 0 Å². The van der Waals surface area contributed by atoms with Gasteiger partial charge in [-0.05, 0) is 24.0 Å². The van der Waals surface area contributed by atoms with Crippen LogP contribution in [0.1, 0.15) is 46.8 Å². The predicted octanol–water partition coefficient (Wildman–Crippen LogP) is 4.09. The fraction of sp³-hybridized carbons (Fsp3) is 0.316. The molecule has 21 heavy (non-hydrogen) atoms. The maximum absolute atomic E-state index is 12.1. The van der Waals surface area contributed by atoms with Gasteiger partial charge in [-0.3, -0.25) is 4.79 Å². The Morgan fingerprint density at radius 2 is 1.62 bits per heavy atom. The second-order valence-corrected chi connectivity index (χ2v) is 5.79. The van der Waals surface area contributed by atoms with Gasteiger partial charge in [0.2, 0.25) is 0 Å². The van der Waals surface area contributed by atoms with E-state index >= 15 is 0 Å². The molecule has 0 unspecified atom stereocenters. The van der Waals surface area contributed by atoms with Gasteiger partial charge in [0.05, 0.1) is 6.54 Å². The van der Waals surface area contributed by atoms with E-state index in [1.807, 2.05) is 24.3 Å². The summed E-state index contributed by atoms with van der Waals surface area (Å²) in [6.07, 6.45) is 0. The van der Waals surface area contributed by atoms with Gasteiger partial charge in [0.25, 0.3) is 0 Å². The highest BCUT2D eigenvalue weighted by atomic mass is 16.1. The number of benzene rings is 2. The van der Waals surface area contributed by atoms with Crippen molar-refractivity contribution in [2.75, 3.05) is 6.54 Å². The first-order chi connectivity index (χ1) is 10.1. The van der Waals surface area contributed by atoms with E-state index in [1.54, 1.807) is 0 Å². The van der Waals surface area contributed by atoms with Crippen LogP contribution in [-0.2, 0) is 6.54 Å². The second kappa shape index (κ2) is 7.19. The van der Waals surface area contributed by atoms with Crippen LogP contribution in [-0.4, -0.2) is 12.3 Å². The molecule has 1 N–H and O–H groups in total. The summed E-state index contributed by atoms with van der Waals surface area (Å²) in [5.41, 5.74) is 4.48. The highest BCUT2D eigenvalue weighted by Crippen LogP contribution is 2.14. The van der Waals surface area contributed by atoms with Crippen LogP contribution in [0.15, 0.2) is 48.5 Å². The normalized spacial score (nSPS) is 10.9. The smallest absolute Gasteiger partial charge is 0.176 e. The summed E-state index contributed by atoms with van der Waals surface area (Å²) in [6, 6.07) is 16.3. The summed E-state index contributed by atoms with van der Waals surface area (Å²) in [7, 11) is 0. The minimum absolute atomic E-state index is 0.136. The topological polar surface area (TPSA) is 29.1 Å². The van der Waals surface area contributed by atoms with Crippen molar-refractivity contribution in [1.82, 2.24) is 5.32 Å². The van der Waals surface area contributed by atoms with Crippen molar-refractivity contribution in [3.63, 3.8) is 0 Å². The molecule has 0 saturated carbocycles. The SMILES string of the molecule is Cc1ccc(CNCC(=O)c2ccc(C(C)C)cc2)cc1. The fourth-order valence-electron chi connectivity index (χ4n) is 2.18. The van der Waals surface area contributed by atoms with Gasteiger partial charge in [-0.1, -0.05) is 67.9 Å². The Kier molecular flexibility index (Phi) is 5.29. The average Bonchev–Trinajstić information content (AvgIpc) is 2.49. The first-order valence-electron chi connectivity index (χ1n) is 7.45. The summed E-state index contributed by atoms with van der Waals surface area (Å²) in [5, 5.41) is 3.21. The number of nitrogens with one attached hydrogen (secondary N) is 1. The quantitative estimate of drug-likeness (QED) is 0.808. The van der Waals surface area contributed by atoms with Crippen LogP contribution in [0.4, 0.5) is 0 Å². The first kappa shape index (κ1) is 15.5. The van der Waals surface area contributed by atoms with E-state index in [-0.39, 0.29) is 5.78 Å². The molecule has 0 atom stereocenters. The van der Waals surface area contributed by atoms with E-state index in [0.717, 1.165) is 12.1 Å². The van der Waals surface area contributed by atoms with Crippen LogP contribution >= 0.6 is 0 Å². The van der Waals surface area contributed by atoms with Crippen molar-refractivity contribution in [3.05, 3.63) is 70.8 Å². The number of hydrogen-bond acceptors (Lipinski definition) is 2. The molecule has 0 amide bonds. The van der Waals surface area contributed by atoms with Gasteiger partial charge in [-0.15, -0.1) is 0 Å². The third kappa shape index (κ3) is 4.54. The number of ketones is 1. The molecule has 0 heterocycles. The molecule has 0 radical (unpaired) electrons. The van der Waals surface area contributed by atoms with Gasteiger partial charge < -0.3 is 5.32 Å². The summed E-state index contributed by atoms with van der Waals surface area (Å²) in [6.45, 7) is 7.46. The molecule has 2 rings (SSSR count). The number of rotatable bonds is 6. The lowest BCUT2D eigenvalue weighted by molar-refractivity contribution is 0.0991. The third-order valence-electron chi connectivity index (χ3n) is 3.63. The van der Waals surface area contributed by atoms with Crippen molar-refractivity contribution in [2.24, 2.45) is 0 Å². The van der Waals surface area contributed by atoms with Crippen LogP contribution in [0.2, 0.25) is 0 Å². The Labute approximate surface area is 127 Å². The molecule has 0 saturated heterocycles. The van der Waals surface area contributed by atoms with Gasteiger partial charge in [0.1, 0.15) is 0 Å². The van der Waals surface area contributed by atoms with Gasteiger partial charge in [0.15, 0.2) is 5.78 Å². The first-order valence-corrected chi connectivity index (χ1v) is 7.45. The number of Topliss-reactive ketones (excluding diaryl/α,β-unsaturated/α-hetero) is 1. The number of carbonyl (C=O) groups excluding carboxylic acids is 1. The lowest BCUT2D eigenvalue weighted by atomic mass is 10.0. The highest BCUT2D eigenvalue weighted by molar-refractivity contribution is 5.97. The average molecular weight is 281 g/mol. The van der Waals surface area contributed by atoms with E-state index in [2.05, 4.69) is 50.4 Å². The number of aryl methyl sites for hydroxylation is 1. The molecule has 2 aromatic carbocycles. The molecular weight excluding hydrogens is 258 g/mol. The van der Waals surface area contributed by atoms with Crippen LogP contribution in [0, 0.1) is 6.92 Å². The van der Waals surface area contributed by atoms with Crippen molar-refractivity contribution in [1.29, 1.82) is 0 Å². The lowest BCUT2D eigenvalue weighted by Crippen LogP contribution is -2.22. The molecule has 2 nitrogen and oxygen atoms in total. The van der Waals surface area contributed by atoms with E-state index in [0.29, 0.717) is 12.5 Å². The van der Waals surface area contributed by atoms with Crippen molar-refractivity contribution < 1.29 is 4.79 Å². The van der Waals surface area contributed by atoms with E-state index in [9.17, 15) is 4.79 Å². The highest BCUT2D eigenvalue weighted by Gasteiger charge is 2.06. The summed E-state index contributed by atoms with van der Waals surface area (Å²) >= 11 is 0. The monoisotopic (exact) mass is 281 g/mol. The van der Waals surface area contributed by atoms with Crippen LogP contribution < -0.4 is 5.32 Å². The predicted molar refractivity (Wildman–Crippen MR) is 87.7 cm³/mol. The van der Waals surface area contributed by atoms with E-state index < -0.39 is 0 Å². The van der Waals surface area contributed by atoms with Crippen LogP contribution in [0.25, 0.3) is 0 Å². The Hall–Kier alpha value is -1.93. The number of hydrogen-bond donors (Lipinski definition) is 1. The maximum Gasteiger partial charge on any atom is 0.176 e. The standard InChI is InChI=1S/C19H23NO/c1-14(2)17-8-10-18(11-9-17)19(21)13-20-12-16-6-4-15(3)5-7-16/h4-11,14,20H,12-13H2,1-3H3. The summed E-state index contributed by atoms with van der Waals surface area (Å²) in [5.74, 6) is 0.631. The Morgan fingerprint density at radius 3 is 2.19 bits per heavy atom. The zero-order valence-electron chi connectivity index (χ0n) is 13.0. The Bertz CT molecular complexity index is 582. The maximum atomic E-state index is 12.1. The van der Waals surface area contributed by atoms with Gasteiger partial charge in [-0.2, -0.15) is 0 Å². The van der Waals surface area contributed by atoms with Crippen LogP contribution in [0.3, 0.4) is 0 Å². The summed E-state index contributed by atoms with van der Waals surface area (Å²) < 4.78 is 0. The molecule has 110 valence electrons. The summed E-state index contributed by atoms with van der Waals surface area (Å²) in [4.78, 5) is 12.1. The van der Waals surface area contributed by atoms with E-state index in [1.165, 1.54) is 16.7 Å². The Morgan fingerprint density at radius 1 is 1.00 bits per heavy atom. The van der Waals surface area contributed by atoms with Gasteiger partial charge >= 0.3 is 0 Å². The molecule has 0 aliphatic rings. The van der Waals surface area contributed by atoms with Gasteiger partial charge in [0, 0.05) is 12.1 Å².